The lowest BCUT2D eigenvalue weighted by atomic mass is 10.2. The van der Waals surface area contributed by atoms with Crippen molar-refractivity contribution >= 4 is 23.4 Å². The zero-order chi connectivity index (χ0) is 18.9. The second kappa shape index (κ2) is 9.22. The van der Waals surface area contributed by atoms with Gasteiger partial charge in [-0.25, -0.2) is 0 Å². The number of ether oxygens (including phenoxy) is 2. The first-order chi connectivity index (χ1) is 12.5. The number of nitrogens with zero attached hydrogens (tertiary/aromatic N) is 1. The van der Waals surface area contributed by atoms with Crippen LogP contribution in [0.1, 0.15) is 18.9 Å². The van der Waals surface area contributed by atoms with Crippen LogP contribution in [0.2, 0.25) is 0 Å². The summed E-state index contributed by atoms with van der Waals surface area (Å²) in [5.41, 5.74) is 1.23. The Balaban J connectivity index is 2.01. The molecule has 0 aliphatic heterocycles. The van der Waals surface area contributed by atoms with Gasteiger partial charge in [0.25, 0.3) is 5.69 Å². The molecule has 1 N–H and O–H groups in total. The van der Waals surface area contributed by atoms with E-state index in [0.717, 1.165) is 12.0 Å². The Morgan fingerprint density at radius 3 is 2.54 bits per heavy atom. The van der Waals surface area contributed by atoms with Crippen LogP contribution in [-0.2, 0) is 4.79 Å². The maximum Gasteiger partial charge on any atom is 0.269 e. The van der Waals surface area contributed by atoms with Gasteiger partial charge < -0.3 is 14.8 Å². The van der Waals surface area contributed by atoms with E-state index in [-0.39, 0.29) is 11.6 Å². The van der Waals surface area contributed by atoms with Crippen molar-refractivity contribution in [1.82, 2.24) is 0 Å². The summed E-state index contributed by atoms with van der Waals surface area (Å²) in [6, 6.07) is 11.0. The highest BCUT2D eigenvalue weighted by Crippen LogP contribution is 2.28. The number of hydrogen-bond donors (Lipinski definition) is 1. The topological polar surface area (TPSA) is 90.7 Å². The number of carbonyl (C=O) groups excluding carboxylic acids is 1. The Labute approximate surface area is 151 Å². The van der Waals surface area contributed by atoms with Crippen LogP contribution in [-0.4, -0.2) is 24.5 Å². The number of nitro groups is 1. The molecule has 2 aromatic rings. The van der Waals surface area contributed by atoms with Gasteiger partial charge >= 0.3 is 0 Å². The number of amides is 1. The number of nitro benzene ring substituents is 1. The van der Waals surface area contributed by atoms with Crippen molar-refractivity contribution in [3.63, 3.8) is 0 Å². The number of benzene rings is 2. The first kappa shape index (κ1) is 19.0. The van der Waals surface area contributed by atoms with E-state index in [1.54, 1.807) is 25.3 Å². The zero-order valence-corrected chi connectivity index (χ0v) is 14.6. The van der Waals surface area contributed by atoms with E-state index in [4.69, 9.17) is 9.47 Å². The molecule has 7 heteroatoms. The van der Waals surface area contributed by atoms with Crippen molar-refractivity contribution in [3.05, 3.63) is 64.2 Å². The van der Waals surface area contributed by atoms with Gasteiger partial charge in [0.15, 0.2) is 11.5 Å². The van der Waals surface area contributed by atoms with Crippen molar-refractivity contribution in [2.45, 2.75) is 13.3 Å². The van der Waals surface area contributed by atoms with E-state index in [9.17, 15) is 14.9 Å². The minimum absolute atomic E-state index is 0.0315. The minimum Gasteiger partial charge on any atom is -0.493 e. The first-order valence-corrected chi connectivity index (χ1v) is 8.08. The number of carbonyl (C=O) groups is 1. The molecule has 2 aromatic carbocycles. The smallest absolute Gasteiger partial charge is 0.269 e. The van der Waals surface area contributed by atoms with E-state index < -0.39 is 4.92 Å². The number of rotatable bonds is 8. The molecule has 0 aromatic heterocycles. The van der Waals surface area contributed by atoms with Gasteiger partial charge in [-0.05, 0) is 42.3 Å². The van der Waals surface area contributed by atoms with E-state index in [1.807, 2.05) is 13.0 Å². The molecule has 1 amide bonds. The molecule has 0 saturated heterocycles. The third kappa shape index (κ3) is 5.34. The zero-order valence-electron chi connectivity index (χ0n) is 14.6. The molecular formula is C19H20N2O5. The Morgan fingerprint density at radius 1 is 1.19 bits per heavy atom. The number of hydrogen-bond acceptors (Lipinski definition) is 5. The Hall–Kier alpha value is -3.35. The van der Waals surface area contributed by atoms with Crippen LogP contribution in [0.25, 0.3) is 6.08 Å². The highest BCUT2D eigenvalue weighted by atomic mass is 16.6. The highest BCUT2D eigenvalue weighted by molar-refractivity contribution is 6.02. The molecule has 0 aliphatic rings. The predicted molar refractivity (Wildman–Crippen MR) is 99.5 cm³/mol. The second-order valence-corrected chi connectivity index (χ2v) is 5.39. The Morgan fingerprint density at radius 2 is 1.92 bits per heavy atom. The van der Waals surface area contributed by atoms with Gasteiger partial charge in [0.1, 0.15) is 0 Å². The van der Waals surface area contributed by atoms with Gasteiger partial charge in [0.2, 0.25) is 5.91 Å². The lowest BCUT2D eigenvalue weighted by Gasteiger charge is -2.10. The number of anilines is 1. The molecule has 0 radical (unpaired) electrons. The highest BCUT2D eigenvalue weighted by Gasteiger charge is 2.06. The second-order valence-electron chi connectivity index (χ2n) is 5.39. The lowest BCUT2D eigenvalue weighted by Crippen LogP contribution is -2.07. The average Bonchev–Trinajstić information content (AvgIpc) is 2.65. The van der Waals surface area contributed by atoms with Crippen LogP contribution in [0.3, 0.4) is 0 Å². The molecule has 0 spiro atoms. The molecule has 0 heterocycles. The molecule has 0 atom stereocenters. The van der Waals surface area contributed by atoms with Gasteiger partial charge in [-0.15, -0.1) is 0 Å². The van der Waals surface area contributed by atoms with Crippen LogP contribution < -0.4 is 14.8 Å². The number of non-ortho nitro benzene ring substituents is 1. The minimum atomic E-state index is -0.493. The van der Waals surface area contributed by atoms with Crippen LogP contribution in [0.4, 0.5) is 11.4 Å². The number of methoxy groups -OCH3 is 1. The molecule has 0 saturated carbocycles. The van der Waals surface area contributed by atoms with Crippen LogP contribution in [0.15, 0.2) is 48.5 Å². The monoisotopic (exact) mass is 356 g/mol. The third-order valence-electron chi connectivity index (χ3n) is 3.42. The Kier molecular flexibility index (Phi) is 6.73. The van der Waals surface area contributed by atoms with Gasteiger partial charge in [-0.3, -0.25) is 14.9 Å². The SMILES string of the molecule is CCCOc1ccc(/C=C/C(=O)Nc2ccc([N+](=O)[O-])cc2)cc1OC. The first-order valence-electron chi connectivity index (χ1n) is 8.08. The summed E-state index contributed by atoms with van der Waals surface area (Å²) in [7, 11) is 1.56. The fourth-order valence-corrected chi connectivity index (χ4v) is 2.14. The summed E-state index contributed by atoms with van der Waals surface area (Å²) in [6.45, 7) is 2.62. The van der Waals surface area contributed by atoms with E-state index in [2.05, 4.69) is 5.32 Å². The molecule has 0 aliphatic carbocycles. The summed E-state index contributed by atoms with van der Waals surface area (Å²) in [4.78, 5) is 22.1. The summed E-state index contributed by atoms with van der Waals surface area (Å²) >= 11 is 0. The van der Waals surface area contributed by atoms with Gasteiger partial charge in [-0.1, -0.05) is 13.0 Å². The molecule has 0 fully saturated rings. The van der Waals surface area contributed by atoms with Gasteiger partial charge in [0.05, 0.1) is 18.6 Å². The molecule has 0 bridgehead atoms. The molecular weight excluding hydrogens is 336 g/mol. The standard InChI is InChI=1S/C19H20N2O5/c1-3-12-26-17-10-4-14(13-18(17)25-2)5-11-19(22)20-15-6-8-16(9-7-15)21(23)24/h4-11,13H,3,12H2,1-2H3,(H,20,22)/b11-5+. The quantitative estimate of drug-likeness (QED) is 0.438. The fraction of sp³-hybridized carbons (Fsp3) is 0.211. The molecule has 136 valence electrons. The number of nitrogens with one attached hydrogen (secondary N) is 1. The largest absolute Gasteiger partial charge is 0.493 e. The summed E-state index contributed by atoms with van der Waals surface area (Å²) in [6.07, 6.45) is 3.92. The molecule has 2 rings (SSSR count). The normalized spacial score (nSPS) is 10.5. The molecule has 7 nitrogen and oxygen atoms in total. The van der Waals surface area contributed by atoms with E-state index >= 15 is 0 Å². The van der Waals surface area contributed by atoms with Crippen LogP contribution in [0.5, 0.6) is 11.5 Å². The van der Waals surface area contributed by atoms with Crippen molar-refractivity contribution in [2.75, 3.05) is 19.0 Å². The maximum absolute atomic E-state index is 12.0. The van der Waals surface area contributed by atoms with Gasteiger partial charge in [-0.2, -0.15) is 0 Å². The summed E-state index contributed by atoms with van der Waals surface area (Å²) in [5.74, 6) is 0.905. The third-order valence-corrected chi connectivity index (χ3v) is 3.42. The van der Waals surface area contributed by atoms with Crippen LogP contribution >= 0.6 is 0 Å². The van der Waals surface area contributed by atoms with Gasteiger partial charge in [0, 0.05) is 23.9 Å². The van der Waals surface area contributed by atoms with Crippen molar-refractivity contribution in [2.24, 2.45) is 0 Å². The lowest BCUT2D eigenvalue weighted by molar-refractivity contribution is -0.384. The van der Waals surface area contributed by atoms with Crippen molar-refractivity contribution in [1.29, 1.82) is 0 Å². The average molecular weight is 356 g/mol. The Bertz CT molecular complexity index is 800. The van der Waals surface area contributed by atoms with E-state index in [1.165, 1.54) is 30.3 Å². The van der Waals surface area contributed by atoms with E-state index in [0.29, 0.717) is 23.8 Å². The summed E-state index contributed by atoms with van der Waals surface area (Å²) < 4.78 is 10.9. The van der Waals surface area contributed by atoms with Crippen molar-refractivity contribution in [3.8, 4) is 11.5 Å². The fourth-order valence-electron chi connectivity index (χ4n) is 2.14. The van der Waals surface area contributed by atoms with Crippen molar-refractivity contribution < 1.29 is 19.2 Å². The summed E-state index contributed by atoms with van der Waals surface area (Å²) in [5, 5.41) is 13.3. The molecule has 26 heavy (non-hydrogen) atoms. The maximum atomic E-state index is 12.0. The van der Waals surface area contributed by atoms with Crippen LogP contribution in [0, 0.1) is 10.1 Å². The molecule has 0 unspecified atom stereocenters. The predicted octanol–water partition coefficient (Wildman–Crippen LogP) is 4.04.